The molecule has 2 rings (SSSR count). The highest BCUT2D eigenvalue weighted by molar-refractivity contribution is 5.88. The van der Waals surface area contributed by atoms with Crippen molar-refractivity contribution >= 4 is 30.1 Å². The van der Waals surface area contributed by atoms with Crippen molar-refractivity contribution in [3.8, 4) is 0 Å². The van der Waals surface area contributed by atoms with Crippen LogP contribution in [0.3, 0.4) is 0 Å². The van der Waals surface area contributed by atoms with Crippen LogP contribution in [0.15, 0.2) is 60.7 Å². The van der Waals surface area contributed by atoms with Gasteiger partial charge in [-0.25, -0.2) is 9.59 Å². The van der Waals surface area contributed by atoms with Gasteiger partial charge >= 0.3 is 17.9 Å². The quantitative estimate of drug-likeness (QED) is 0.0601. The first kappa shape index (κ1) is 37.5. The van der Waals surface area contributed by atoms with Crippen LogP contribution in [0, 0.1) is 5.41 Å². The zero-order chi connectivity index (χ0) is 32.9. The minimum absolute atomic E-state index is 0.217. The Bertz CT molecular complexity index is 1210. The van der Waals surface area contributed by atoms with E-state index < -0.39 is 29.4 Å². The van der Waals surface area contributed by atoms with E-state index in [1.165, 1.54) is 74.6 Å². The summed E-state index contributed by atoms with van der Waals surface area (Å²) >= 11 is 0. The minimum Gasteiger partial charge on any atom is -0.461 e. The van der Waals surface area contributed by atoms with Crippen molar-refractivity contribution in [3.05, 3.63) is 82.9 Å². The molecule has 246 valence electrons. The van der Waals surface area contributed by atoms with E-state index in [0.717, 1.165) is 24.0 Å². The maximum absolute atomic E-state index is 12.7. The normalized spacial score (nSPS) is 12.4. The summed E-state index contributed by atoms with van der Waals surface area (Å²) in [6, 6.07) is 16.2. The monoisotopic (exact) mass is 618 g/mol. The molecule has 2 aromatic rings. The van der Waals surface area contributed by atoms with Crippen LogP contribution in [0.1, 0.15) is 115 Å². The smallest absolute Gasteiger partial charge is 0.331 e. The lowest BCUT2D eigenvalue weighted by Gasteiger charge is -2.23. The molecule has 0 N–H and O–H groups in total. The van der Waals surface area contributed by atoms with E-state index in [9.17, 15) is 14.4 Å². The molecule has 6 nitrogen and oxygen atoms in total. The van der Waals surface area contributed by atoms with E-state index in [-0.39, 0.29) is 13.2 Å². The van der Waals surface area contributed by atoms with Gasteiger partial charge in [-0.3, -0.25) is 4.79 Å². The molecule has 0 aliphatic carbocycles. The number of carbonyl (C=O) groups excluding carboxylic acids is 3. The minimum atomic E-state index is -0.950. The van der Waals surface area contributed by atoms with Crippen LogP contribution in [-0.4, -0.2) is 37.2 Å². The highest BCUT2D eigenvalue weighted by atomic mass is 16.6. The summed E-state index contributed by atoms with van der Waals surface area (Å²) in [5.41, 5.74) is 3.63. The van der Waals surface area contributed by atoms with Crippen LogP contribution in [0.4, 0.5) is 0 Å². The molecule has 1 atom stereocenters. The Kier molecular flexibility index (Phi) is 17.6. The Morgan fingerprint density at radius 2 is 1.11 bits per heavy atom. The molecule has 45 heavy (non-hydrogen) atoms. The topological polar surface area (TPSA) is 78.9 Å². The van der Waals surface area contributed by atoms with Gasteiger partial charge in [-0.2, -0.15) is 0 Å². The fourth-order valence-electron chi connectivity index (χ4n) is 4.48. The molecular formula is C39H54O6. The molecule has 2 aromatic carbocycles. The summed E-state index contributed by atoms with van der Waals surface area (Å²) < 4.78 is 16.4. The average molecular weight is 619 g/mol. The van der Waals surface area contributed by atoms with Gasteiger partial charge in [-0.15, -0.1) is 0 Å². The van der Waals surface area contributed by atoms with Crippen LogP contribution < -0.4 is 0 Å². The predicted molar refractivity (Wildman–Crippen MR) is 183 cm³/mol. The Morgan fingerprint density at radius 3 is 1.58 bits per heavy atom. The van der Waals surface area contributed by atoms with Gasteiger partial charge in [-0.1, -0.05) is 108 Å². The number of unbranched alkanes of at least 4 members (excludes halogenated alkanes) is 6. The third-order valence-corrected chi connectivity index (χ3v) is 7.95. The molecule has 0 fully saturated rings. The van der Waals surface area contributed by atoms with E-state index >= 15 is 0 Å². The third-order valence-electron chi connectivity index (χ3n) is 7.95. The van der Waals surface area contributed by atoms with Crippen molar-refractivity contribution in [2.24, 2.45) is 5.41 Å². The molecule has 6 heteroatoms. The second-order valence-electron chi connectivity index (χ2n) is 12.3. The summed E-state index contributed by atoms with van der Waals surface area (Å²) in [6.45, 7) is 9.43. The SMILES string of the molecule is CCCCCCc1ccc(/C=C/C(=O)OCC(COC(=O)C(C)(C)CC)OC(=O)/C=C/c2ccc(CCCCCC)cc2)cc1. The van der Waals surface area contributed by atoms with Crippen molar-refractivity contribution in [1.82, 2.24) is 0 Å². The van der Waals surface area contributed by atoms with Crippen LogP contribution in [-0.2, 0) is 41.4 Å². The van der Waals surface area contributed by atoms with Crippen molar-refractivity contribution in [2.45, 2.75) is 111 Å². The van der Waals surface area contributed by atoms with Crippen LogP contribution in [0.2, 0.25) is 0 Å². The summed E-state index contributed by atoms with van der Waals surface area (Å²) in [4.78, 5) is 37.7. The summed E-state index contributed by atoms with van der Waals surface area (Å²) in [5, 5.41) is 0. The highest BCUT2D eigenvalue weighted by Gasteiger charge is 2.28. The number of aryl methyl sites for hydroxylation is 2. The van der Waals surface area contributed by atoms with Crippen LogP contribution in [0.5, 0.6) is 0 Å². The molecule has 0 saturated carbocycles. The van der Waals surface area contributed by atoms with E-state index in [2.05, 4.69) is 38.1 Å². The molecule has 0 aliphatic rings. The molecular weight excluding hydrogens is 564 g/mol. The van der Waals surface area contributed by atoms with Crippen molar-refractivity contribution in [2.75, 3.05) is 13.2 Å². The Labute approximate surface area is 271 Å². The van der Waals surface area contributed by atoms with Crippen LogP contribution in [0.25, 0.3) is 12.2 Å². The molecule has 0 bridgehead atoms. The lowest BCUT2D eigenvalue weighted by atomic mass is 9.91. The van der Waals surface area contributed by atoms with Gasteiger partial charge in [0.25, 0.3) is 0 Å². The maximum atomic E-state index is 12.7. The van der Waals surface area contributed by atoms with Gasteiger partial charge in [0.05, 0.1) is 5.41 Å². The van der Waals surface area contributed by atoms with Gasteiger partial charge in [0.2, 0.25) is 0 Å². The number of hydrogen-bond acceptors (Lipinski definition) is 6. The number of hydrogen-bond donors (Lipinski definition) is 0. The van der Waals surface area contributed by atoms with E-state index in [4.69, 9.17) is 14.2 Å². The maximum Gasteiger partial charge on any atom is 0.331 e. The first-order valence-corrected chi connectivity index (χ1v) is 16.8. The molecule has 0 aromatic heterocycles. The van der Waals surface area contributed by atoms with Gasteiger partial charge in [0.15, 0.2) is 6.10 Å². The standard InChI is InChI=1S/C39H54O6/c1-6-9-11-13-15-31-17-21-33(22-18-31)25-27-36(40)43-29-35(30-44-38(42)39(4,5)8-3)45-37(41)28-26-34-23-19-32(20-24-34)16-14-12-10-7-2/h17-28,35H,6-16,29-30H2,1-5H3/b27-25+,28-26+. The number of carbonyl (C=O) groups is 3. The number of benzene rings is 2. The van der Waals surface area contributed by atoms with Gasteiger partial charge < -0.3 is 14.2 Å². The fourth-order valence-corrected chi connectivity index (χ4v) is 4.48. The lowest BCUT2D eigenvalue weighted by Crippen LogP contribution is -2.33. The number of esters is 3. The Morgan fingerprint density at radius 1 is 0.644 bits per heavy atom. The lowest BCUT2D eigenvalue weighted by molar-refractivity contribution is -0.167. The van der Waals surface area contributed by atoms with E-state index in [1.807, 2.05) is 31.2 Å². The molecule has 0 saturated heterocycles. The fraction of sp³-hybridized carbons (Fsp3) is 0.513. The molecule has 0 heterocycles. The van der Waals surface area contributed by atoms with Gasteiger partial charge in [0.1, 0.15) is 13.2 Å². The zero-order valence-electron chi connectivity index (χ0n) is 28.1. The zero-order valence-corrected chi connectivity index (χ0v) is 28.1. The highest BCUT2D eigenvalue weighted by Crippen LogP contribution is 2.22. The average Bonchev–Trinajstić information content (AvgIpc) is 3.05. The van der Waals surface area contributed by atoms with Gasteiger partial charge in [-0.05, 0) is 80.4 Å². The third kappa shape index (κ3) is 15.8. The van der Waals surface area contributed by atoms with Crippen LogP contribution >= 0.6 is 0 Å². The van der Waals surface area contributed by atoms with Crippen molar-refractivity contribution < 1.29 is 28.6 Å². The summed E-state index contributed by atoms with van der Waals surface area (Å²) in [5.74, 6) is -1.60. The first-order chi connectivity index (χ1) is 21.7. The largest absolute Gasteiger partial charge is 0.461 e. The Hall–Kier alpha value is -3.67. The molecule has 1 unspecified atom stereocenters. The Balaban J connectivity index is 1.94. The van der Waals surface area contributed by atoms with E-state index in [1.54, 1.807) is 26.0 Å². The summed E-state index contributed by atoms with van der Waals surface area (Å²) in [6.07, 6.45) is 17.5. The number of rotatable bonds is 21. The molecule has 0 spiro atoms. The molecule has 0 amide bonds. The predicted octanol–water partition coefficient (Wildman–Crippen LogP) is 9.09. The number of ether oxygens (including phenoxy) is 3. The molecule has 0 radical (unpaired) electrons. The van der Waals surface area contributed by atoms with Crippen molar-refractivity contribution in [1.29, 1.82) is 0 Å². The van der Waals surface area contributed by atoms with Crippen molar-refractivity contribution in [3.63, 3.8) is 0 Å². The second kappa shape index (κ2) is 21.1. The summed E-state index contributed by atoms with van der Waals surface area (Å²) in [7, 11) is 0. The molecule has 0 aliphatic heterocycles. The van der Waals surface area contributed by atoms with E-state index in [0.29, 0.717) is 6.42 Å². The van der Waals surface area contributed by atoms with Gasteiger partial charge in [0, 0.05) is 12.2 Å². The second-order valence-corrected chi connectivity index (χ2v) is 12.3. The first-order valence-electron chi connectivity index (χ1n) is 16.8.